The second-order valence-corrected chi connectivity index (χ2v) is 8.47. The Morgan fingerprint density at radius 2 is 1.97 bits per heavy atom. The third-order valence-electron chi connectivity index (χ3n) is 5.63. The minimum Gasteiger partial charge on any atom is -0.367 e. The van der Waals surface area contributed by atoms with Crippen LogP contribution < -0.4 is 11.1 Å². The quantitative estimate of drug-likeness (QED) is 0.619. The molecule has 0 radical (unpaired) electrons. The minimum atomic E-state index is 0.0656. The molecule has 0 saturated carbocycles. The first-order valence-electron chi connectivity index (χ1n) is 9.79. The van der Waals surface area contributed by atoms with Gasteiger partial charge in [0.2, 0.25) is 0 Å². The van der Waals surface area contributed by atoms with Crippen molar-refractivity contribution >= 4 is 40.2 Å². The summed E-state index contributed by atoms with van der Waals surface area (Å²) in [5.41, 5.74) is 9.27. The number of anilines is 1. The summed E-state index contributed by atoms with van der Waals surface area (Å²) in [4.78, 5) is 15.4. The van der Waals surface area contributed by atoms with E-state index >= 15 is 0 Å². The van der Waals surface area contributed by atoms with E-state index in [-0.39, 0.29) is 6.04 Å². The summed E-state index contributed by atoms with van der Waals surface area (Å²) < 4.78 is 1.88. The molecule has 1 saturated heterocycles. The van der Waals surface area contributed by atoms with Crippen molar-refractivity contribution in [2.45, 2.75) is 25.4 Å². The van der Waals surface area contributed by atoms with E-state index in [2.05, 4.69) is 25.2 Å². The van der Waals surface area contributed by atoms with Crippen LogP contribution in [0, 0.1) is 5.92 Å². The van der Waals surface area contributed by atoms with Crippen LogP contribution in [-0.4, -0.2) is 50.1 Å². The SMILES string of the molecule is Cn1cnc2c(NCC(N)C3CCN(Cc4ccc(Cl)c(Cl)c4)CC3)ncnc21. The zero-order chi connectivity index (χ0) is 20.4. The Kier molecular flexibility index (Phi) is 6.20. The van der Waals surface area contributed by atoms with Crippen molar-refractivity contribution < 1.29 is 0 Å². The molecular weight excluding hydrogens is 409 g/mol. The number of nitrogens with zero attached hydrogens (tertiary/aromatic N) is 5. The third kappa shape index (κ3) is 4.64. The second-order valence-electron chi connectivity index (χ2n) is 7.66. The van der Waals surface area contributed by atoms with Crippen molar-refractivity contribution in [3.05, 3.63) is 46.5 Å². The number of likely N-dealkylation sites (tertiary alicyclic amines) is 1. The molecular formula is C20H25Cl2N7. The molecule has 9 heteroatoms. The van der Waals surface area contributed by atoms with Crippen molar-refractivity contribution in [1.29, 1.82) is 0 Å². The predicted octanol–water partition coefficient (Wildman–Crippen LogP) is 3.32. The van der Waals surface area contributed by atoms with Gasteiger partial charge in [0, 0.05) is 26.2 Å². The standard InChI is InChI=1S/C20H25Cl2N7/c1-28-12-27-18-19(25-11-26-20(18)28)24-9-17(23)14-4-6-29(7-5-14)10-13-2-3-15(21)16(22)8-13/h2-3,8,11-12,14,17H,4-7,9-10,23H2,1H3,(H,24,25,26). The minimum absolute atomic E-state index is 0.0656. The first-order valence-corrected chi connectivity index (χ1v) is 10.5. The molecule has 29 heavy (non-hydrogen) atoms. The van der Waals surface area contributed by atoms with E-state index in [1.54, 1.807) is 12.7 Å². The van der Waals surface area contributed by atoms with Gasteiger partial charge in [-0.2, -0.15) is 0 Å². The fourth-order valence-corrected chi connectivity index (χ4v) is 4.21. The van der Waals surface area contributed by atoms with Crippen molar-refractivity contribution in [2.24, 2.45) is 18.7 Å². The number of benzene rings is 1. The number of halogens is 2. The number of nitrogens with one attached hydrogen (secondary N) is 1. The molecule has 1 fully saturated rings. The molecule has 0 aliphatic carbocycles. The molecule has 3 heterocycles. The van der Waals surface area contributed by atoms with Crippen molar-refractivity contribution in [3.63, 3.8) is 0 Å². The fourth-order valence-electron chi connectivity index (χ4n) is 3.89. The molecule has 1 atom stereocenters. The molecule has 0 spiro atoms. The van der Waals surface area contributed by atoms with E-state index in [1.165, 1.54) is 5.56 Å². The highest BCUT2D eigenvalue weighted by Crippen LogP contribution is 2.26. The number of rotatable bonds is 6. The highest BCUT2D eigenvalue weighted by Gasteiger charge is 2.24. The maximum absolute atomic E-state index is 6.50. The molecule has 4 rings (SSSR count). The summed E-state index contributed by atoms with van der Waals surface area (Å²) >= 11 is 12.1. The van der Waals surface area contributed by atoms with Crippen LogP contribution in [0.5, 0.6) is 0 Å². The molecule has 1 aliphatic rings. The predicted molar refractivity (Wildman–Crippen MR) is 117 cm³/mol. The molecule has 0 amide bonds. The van der Waals surface area contributed by atoms with Gasteiger partial charge in [-0.05, 0) is 49.5 Å². The Hall–Kier alpha value is -1.93. The summed E-state index contributed by atoms with van der Waals surface area (Å²) in [6, 6.07) is 5.91. The lowest BCUT2D eigenvalue weighted by atomic mass is 9.89. The van der Waals surface area contributed by atoms with Crippen LogP contribution in [0.2, 0.25) is 10.0 Å². The molecule has 2 aromatic heterocycles. The van der Waals surface area contributed by atoms with Gasteiger partial charge in [-0.25, -0.2) is 15.0 Å². The van der Waals surface area contributed by atoms with E-state index in [1.807, 2.05) is 29.8 Å². The monoisotopic (exact) mass is 433 g/mol. The molecule has 7 nitrogen and oxygen atoms in total. The van der Waals surface area contributed by atoms with Gasteiger partial charge in [-0.15, -0.1) is 0 Å². The van der Waals surface area contributed by atoms with Crippen molar-refractivity contribution in [2.75, 3.05) is 25.0 Å². The summed E-state index contributed by atoms with van der Waals surface area (Å²) in [6.07, 6.45) is 5.45. The molecule has 0 bridgehead atoms. The number of hydrogen-bond acceptors (Lipinski definition) is 6. The van der Waals surface area contributed by atoms with Crippen LogP contribution in [0.3, 0.4) is 0 Å². The Morgan fingerprint density at radius 3 is 2.72 bits per heavy atom. The molecule has 1 aromatic carbocycles. The number of imidazole rings is 1. The van der Waals surface area contributed by atoms with Crippen LogP contribution in [0.25, 0.3) is 11.2 Å². The maximum Gasteiger partial charge on any atom is 0.165 e. The molecule has 1 unspecified atom stereocenters. The molecule has 1 aliphatic heterocycles. The largest absolute Gasteiger partial charge is 0.367 e. The average Bonchev–Trinajstić information content (AvgIpc) is 3.11. The van der Waals surface area contributed by atoms with Crippen LogP contribution in [0.4, 0.5) is 5.82 Å². The lowest BCUT2D eigenvalue weighted by Gasteiger charge is -2.35. The zero-order valence-corrected chi connectivity index (χ0v) is 17.9. The second kappa shape index (κ2) is 8.83. The topological polar surface area (TPSA) is 84.9 Å². The smallest absolute Gasteiger partial charge is 0.165 e. The van der Waals surface area contributed by atoms with E-state index in [4.69, 9.17) is 28.9 Å². The summed E-state index contributed by atoms with van der Waals surface area (Å²) in [7, 11) is 1.92. The number of aromatic nitrogens is 4. The van der Waals surface area contributed by atoms with Crippen molar-refractivity contribution in [1.82, 2.24) is 24.4 Å². The van der Waals surface area contributed by atoms with Crippen LogP contribution in [0.15, 0.2) is 30.9 Å². The Bertz CT molecular complexity index is 982. The first-order chi connectivity index (χ1) is 14.0. The third-order valence-corrected chi connectivity index (χ3v) is 6.37. The van der Waals surface area contributed by atoms with Gasteiger partial charge in [-0.1, -0.05) is 29.3 Å². The van der Waals surface area contributed by atoms with Crippen LogP contribution in [0.1, 0.15) is 18.4 Å². The number of aryl methyl sites for hydroxylation is 1. The molecule has 3 N–H and O–H groups in total. The summed E-state index contributed by atoms with van der Waals surface area (Å²) in [5.74, 6) is 1.22. The number of piperidine rings is 1. The van der Waals surface area contributed by atoms with Crippen LogP contribution >= 0.6 is 23.2 Å². The zero-order valence-electron chi connectivity index (χ0n) is 16.4. The molecule has 154 valence electrons. The van der Waals surface area contributed by atoms with E-state index < -0.39 is 0 Å². The number of fused-ring (bicyclic) bond motifs is 1. The fraction of sp³-hybridized carbons (Fsp3) is 0.450. The summed E-state index contributed by atoms with van der Waals surface area (Å²) in [5, 5.41) is 4.57. The Balaban J connectivity index is 1.28. The van der Waals surface area contributed by atoms with Gasteiger partial charge in [0.15, 0.2) is 11.5 Å². The van der Waals surface area contributed by atoms with Crippen molar-refractivity contribution in [3.8, 4) is 0 Å². The van der Waals surface area contributed by atoms with E-state index in [0.717, 1.165) is 49.5 Å². The molecule has 3 aromatic rings. The van der Waals surface area contributed by atoms with E-state index in [0.29, 0.717) is 22.5 Å². The van der Waals surface area contributed by atoms with E-state index in [9.17, 15) is 0 Å². The van der Waals surface area contributed by atoms with Crippen LogP contribution in [-0.2, 0) is 13.6 Å². The first kappa shape index (κ1) is 20.3. The highest BCUT2D eigenvalue weighted by molar-refractivity contribution is 6.42. The Labute approximate surface area is 180 Å². The lowest BCUT2D eigenvalue weighted by Crippen LogP contribution is -2.43. The normalized spacial score (nSPS) is 17.0. The Morgan fingerprint density at radius 1 is 1.17 bits per heavy atom. The highest BCUT2D eigenvalue weighted by atomic mass is 35.5. The number of hydrogen-bond donors (Lipinski definition) is 2. The van der Waals surface area contributed by atoms with Gasteiger partial charge >= 0.3 is 0 Å². The lowest BCUT2D eigenvalue weighted by molar-refractivity contribution is 0.164. The van der Waals surface area contributed by atoms with Gasteiger partial charge in [0.05, 0.1) is 16.4 Å². The van der Waals surface area contributed by atoms with Gasteiger partial charge in [0.25, 0.3) is 0 Å². The van der Waals surface area contributed by atoms with Gasteiger partial charge in [0.1, 0.15) is 11.8 Å². The van der Waals surface area contributed by atoms with Gasteiger partial charge in [-0.3, -0.25) is 4.90 Å². The average molecular weight is 434 g/mol. The maximum atomic E-state index is 6.50. The van der Waals surface area contributed by atoms with Gasteiger partial charge < -0.3 is 15.6 Å². The summed E-state index contributed by atoms with van der Waals surface area (Å²) in [6.45, 7) is 3.60. The number of nitrogens with two attached hydrogens (primary N) is 1.